The molecular formula is C14H19N3O2. The Kier molecular flexibility index (Phi) is 4.16. The number of hydrogen-bond acceptors (Lipinski definition) is 3. The van der Waals surface area contributed by atoms with Crippen molar-refractivity contribution in [2.45, 2.75) is 26.3 Å². The molecule has 5 nitrogen and oxygen atoms in total. The summed E-state index contributed by atoms with van der Waals surface area (Å²) in [6, 6.07) is 5.56. The standard InChI is InChI=1S/C14H19N3O2/c1-10(2)11(6-8-18)16-14(19)12-9-15-13-5-3-4-7-17(12)13/h3-5,7,9-11,18H,6,8H2,1-2H3,(H,16,19). The van der Waals surface area contributed by atoms with E-state index in [-0.39, 0.29) is 24.5 Å². The Morgan fingerprint density at radius 3 is 2.95 bits per heavy atom. The molecule has 102 valence electrons. The van der Waals surface area contributed by atoms with Crippen LogP contribution < -0.4 is 5.32 Å². The third-order valence-electron chi connectivity index (χ3n) is 3.21. The Hall–Kier alpha value is -1.88. The fraction of sp³-hybridized carbons (Fsp3) is 0.429. The lowest BCUT2D eigenvalue weighted by Crippen LogP contribution is -2.39. The lowest BCUT2D eigenvalue weighted by atomic mass is 10.0. The van der Waals surface area contributed by atoms with Crippen LogP contribution in [0, 0.1) is 5.92 Å². The predicted octanol–water partition coefficient (Wildman–Crippen LogP) is 1.47. The fourth-order valence-corrected chi connectivity index (χ4v) is 2.05. The highest BCUT2D eigenvalue weighted by molar-refractivity contribution is 5.93. The molecule has 19 heavy (non-hydrogen) atoms. The number of nitrogens with one attached hydrogen (secondary N) is 1. The lowest BCUT2D eigenvalue weighted by molar-refractivity contribution is 0.0910. The van der Waals surface area contributed by atoms with Gasteiger partial charge < -0.3 is 10.4 Å². The van der Waals surface area contributed by atoms with Crippen LogP contribution in [0.15, 0.2) is 30.6 Å². The molecule has 0 aliphatic heterocycles. The van der Waals surface area contributed by atoms with Crippen LogP contribution in [0.5, 0.6) is 0 Å². The minimum absolute atomic E-state index is 0.0354. The molecule has 1 amide bonds. The third kappa shape index (κ3) is 2.93. The molecule has 0 radical (unpaired) electrons. The summed E-state index contributed by atoms with van der Waals surface area (Å²) in [5.74, 6) is 0.112. The van der Waals surface area contributed by atoms with Crippen molar-refractivity contribution in [3.05, 3.63) is 36.3 Å². The van der Waals surface area contributed by atoms with Gasteiger partial charge in [-0.15, -0.1) is 0 Å². The van der Waals surface area contributed by atoms with E-state index in [4.69, 9.17) is 5.11 Å². The number of hydrogen-bond donors (Lipinski definition) is 2. The summed E-state index contributed by atoms with van der Waals surface area (Å²) in [5.41, 5.74) is 1.26. The molecule has 0 bridgehead atoms. The van der Waals surface area contributed by atoms with E-state index < -0.39 is 0 Å². The van der Waals surface area contributed by atoms with E-state index in [1.807, 2.05) is 38.2 Å². The van der Waals surface area contributed by atoms with Gasteiger partial charge in [-0.25, -0.2) is 4.98 Å². The number of carbonyl (C=O) groups is 1. The van der Waals surface area contributed by atoms with Crippen LogP contribution in [0.2, 0.25) is 0 Å². The molecule has 0 aliphatic carbocycles. The van der Waals surface area contributed by atoms with E-state index in [1.165, 1.54) is 0 Å². The lowest BCUT2D eigenvalue weighted by Gasteiger charge is -2.21. The van der Waals surface area contributed by atoms with Crippen molar-refractivity contribution < 1.29 is 9.90 Å². The van der Waals surface area contributed by atoms with Crippen molar-refractivity contribution in [3.8, 4) is 0 Å². The summed E-state index contributed by atoms with van der Waals surface area (Å²) in [7, 11) is 0. The molecule has 1 unspecified atom stereocenters. The smallest absolute Gasteiger partial charge is 0.270 e. The van der Waals surface area contributed by atoms with Crippen molar-refractivity contribution in [1.29, 1.82) is 0 Å². The molecule has 5 heteroatoms. The molecule has 0 saturated carbocycles. The third-order valence-corrected chi connectivity index (χ3v) is 3.21. The van der Waals surface area contributed by atoms with E-state index >= 15 is 0 Å². The molecule has 0 saturated heterocycles. The molecule has 0 aliphatic rings. The minimum Gasteiger partial charge on any atom is -0.396 e. The summed E-state index contributed by atoms with van der Waals surface area (Å²) in [5, 5.41) is 12.0. The largest absolute Gasteiger partial charge is 0.396 e. The van der Waals surface area contributed by atoms with Gasteiger partial charge in [0.25, 0.3) is 5.91 Å². The van der Waals surface area contributed by atoms with Crippen molar-refractivity contribution in [1.82, 2.24) is 14.7 Å². The summed E-state index contributed by atoms with van der Waals surface area (Å²) < 4.78 is 1.76. The first-order chi connectivity index (χ1) is 9.13. The summed E-state index contributed by atoms with van der Waals surface area (Å²) in [6.07, 6.45) is 3.94. The van der Waals surface area contributed by atoms with Crippen molar-refractivity contribution >= 4 is 11.6 Å². The molecule has 2 aromatic rings. The summed E-state index contributed by atoms with van der Waals surface area (Å²) in [6.45, 7) is 4.11. The maximum atomic E-state index is 12.3. The first-order valence-electron chi connectivity index (χ1n) is 6.47. The second-order valence-corrected chi connectivity index (χ2v) is 4.91. The van der Waals surface area contributed by atoms with Crippen LogP contribution in [-0.2, 0) is 0 Å². The van der Waals surface area contributed by atoms with Gasteiger partial charge in [0.2, 0.25) is 0 Å². The van der Waals surface area contributed by atoms with Crippen molar-refractivity contribution in [2.24, 2.45) is 5.92 Å². The zero-order valence-corrected chi connectivity index (χ0v) is 11.2. The number of nitrogens with zero attached hydrogens (tertiary/aromatic N) is 2. The van der Waals surface area contributed by atoms with Crippen LogP contribution in [0.3, 0.4) is 0 Å². The molecule has 1 atom stereocenters. The molecular weight excluding hydrogens is 242 g/mol. The van der Waals surface area contributed by atoms with Crippen molar-refractivity contribution in [3.63, 3.8) is 0 Å². The number of amides is 1. The van der Waals surface area contributed by atoms with Crippen LogP contribution in [0.25, 0.3) is 5.65 Å². The summed E-state index contributed by atoms with van der Waals surface area (Å²) >= 11 is 0. The number of aliphatic hydroxyl groups is 1. The van der Waals surface area contributed by atoms with E-state index in [0.717, 1.165) is 5.65 Å². The quantitative estimate of drug-likeness (QED) is 0.856. The Balaban J connectivity index is 2.19. The first-order valence-corrected chi connectivity index (χ1v) is 6.47. The topological polar surface area (TPSA) is 66.6 Å². The Labute approximate surface area is 112 Å². The number of aliphatic hydroxyl groups excluding tert-OH is 1. The van der Waals surface area contributed by atoms with Crippen LogP contribution in [0.1, 0.15) is 30.8 Å². The highest BCUT2D eigenvalue weighted by atomic mass is 16.3. The van der Waals surface area contributed by atoms with Gasteiger partial charge in [0.1, 0.15) is 11.3 Å². The van der Waals surface area contributed by atoms with E-state index in [0.29, 0.717) is 12.1 Å². The number of aromatic nitrogens is 2. The molecule has 0 aromatic carbocycles. The number of rotatable bonds is 5. The van der Waals surface area contributed by atoms with Crippen LogP contribution in [0.4, 0.5) is 0 Å². The number of pyridine rings is 1. The van der Waals surface area contributed by atoms with Gasteiger partial charge in [-0.1, -0.05) is 19.9 Å². The maximum Gasteiger partial charge on any atom is 0.270 e. The molecule has 2 N–H and O–H groups in total. The second kappa shape index (κ2) is 5.84. The first kappa shape index (κ1) is 13.5. The average Bonchev–Trinajstić information content (AvgIpc) is 2.81. The predicted molar refractivity (Wildman–Crippen MR) is 73.0 cm³/mol. The van der Waals surface area contributed by atoms with Gasteiger partial charge in [0.05, 0.1) is 6.20 Å². The minimum atomic E-state index is -0.161. The zero-order valence-electron chi connectivity index (χ0n) is 11.2. The average molecular weight is 261 g/mol. The Morgan fingerprint density at radius 1 is 1.47 bits per heavy atom. The van der Waals surface area contributed by atoms with Gasteiger partial charge in [-0.3, -0.25) is 9.20 Å². The van der Waals surface area contributed by atoms with Crippen molar-refractivity contribution in [2.75, 3.05) is 6.61 Å². The highest BCUT2D eigenvalue weighted by Gasteiger charge is 2.18. The number of fused-ring (bicyclic) bond motifs is 1. The SMILES string of the molecule is CC(C)C(CCO)NC(=O)c1cnc2ccccn12. The number of carbonyl (C=O) groups excluding carboxylic acids is 1. The molecule has 0 spiro atoms. The second-order valence-electron chi connectivity index (χ2n) is 4.91. The van der Waals surface area contributed by atoms with E-state index in [2.05, 4.69) is 10.3 Å². The van der Waals surface area contributed by atoms with Crippen LogP contribution in [-0.4, -0.2) is 33.0 Å². The number of imidazole rings is 1. The van der Waals surface area contributed by atoms with Crippen LogP contribution >= 0.6 is 0 Å². The normalized spacial score (nSPS) is 12.8. The Bertz CT molecular complexity index is 563. The monoisotopic (exact) mass is 261 g/mol. The zero-order chi connectivity index (χ0) is 13.8. The summed E-state index contributed by atoms with van der Waals surface area (Å²) in [4.78, 5) is 16.4. The van der Waals surface area contributed by atoms with E-state index in [9.17, 15) is 4.79 Å². The van der Waals surface area contributed by atoms with Gasteiger partial charge in [-0.05, 0) is 24.5 Å². The van der Waals surface area contributed by atoms with E-state index in [1.54, 1.807) is 10.6 Å². The van der Waals surface area contributed by atoms with Gasteiger partial charge in [-0.2, -0.15) is 0 Å². The molecule has 2 rings (SSSR count). The highest BCUT2D eigenvalue weighted by Crippen LogP contribution is 2.09. The molecule has 2 heterocycles. The van der Waals surface area contributed by atoms with Gasteiger partial charge >= 0.3 is 0 Å². The van der Waals surface area contributed by atoms with Gasteiger partial charge in [0, 0.05) is 18.8 Å². The Morgan fingerprint density at radius 2 is 2.26 bits per heavy atom. The maximum absolute atomic E-state index is 12.3. The van der Waals surface area contributed by atoms with Gasteiger partial charge in [0.15, 0.2) is 0 Å². The molecule has 0 fully saturated rings. The molecule has 2 aromatic heterocycles. The fourth-order valence-electron chi connectivity index (χ4n) is 2.05.